The van der Waals surface area contributed by atoms with Gasteiger partial charge in [-0.15, -0.1) is 0 Å². The van der Waals surface area contributed by atoms with Crippen LogP contribution in [0.25, 0.3) is 0 Å². The molecule has 0 heterocycles. The Morgan fingerprint density at radius 1 is 0.912 bits per heavy atom. The number of carbonyl (C=O) groups is 2. The van der Waals surface area contributed by atoms with Crippen LogP contribution in [0.15, 0.2) is 11.6 Å². The van der Waals surface area contributed by atoms with Gasteiger partial charge in [-0.2, -0.15) is 0 Å². The quantitative estimate of drug-likeness (QED) is 0.173. The van der Waals surface area contributed by atoms with E-state index in [4.69, 9.17) is 4.74 Å². The van der Waals surface area contributed by atoms with Crippen LogP contribution < -0.4 is 0 Å². The minimum absolute atomic E-state index is 0.0280. The van der Waals surface area contributed by atoms with E-state index in [0.29, 0.717) is 30.0 Å². The van der Waals surface area contributed by atoms with Crippen molar-refractivity contribution in [2.75, 3.05) is 0 Å². The third kappa shape index (κ3) is 5.05. The monoisotopic (exact) mass is 470 g/mol. The van der Waals surface area contributed by atoms with Crippen molar-refractivity contribution in [1.29, 1.82) is 0 Å². The molecule has 0 saturated heterocycles. The van der Waals surface area contributed by atoms with Gasteiger partial charge in [0.1, 0.15) is 11.9 Å². The van der Waals surface area contributed by atoms with Crippen LogP contribution in [0.4, 0.5) is 0 Å². The Balaban J connectivity index is 1.25. The van der Waals surface area contributed by atoms with E-state index in [1.807, 2.05) is 0 Å². The van der Waals surface area contributed by atoms with Gasteiger partial charge in [-0.25, -0.2) is 0 Å². The van der Waals surface area contributed by atoms with Gasteiger partial charge < -0.3 is 4.74 Å². The van der Waals surface area contributed by atoms with E-state index in [0.717, 1.165) is 57.8 Å². The van der Waals surface area contributed by atoms with Crippen LogP contribution >= 0.6 is 0 Å². The highest BCUT2D eigenvalue weighted by Gasteiger charge is 2.61. The van der Waals surface area contributed by atoms with Gasteiger partial charge >= 0.3 is 5.97 Å². The summed E-state index contributed by atoms with van der Waals surface area (Å²) < 4.78 is 6.17. The van der Waals surface area contributed by atoms with Crippen LogP contribution in [0, 0.1) is 28.6 Å². The van der Waals surface area contributed by atoms with Crippen molar-refractivity contribution in [3.8, 4) is 0 Å². The highest BCUT2D eigenvalue weighted by molar-refractivity contribution is 5.89. The zero-order valence-corrected chi connectivity index (χ0v) is 22.3. The molecule has 3 fully saturated rings. The van der Waals surface area contributed by atoms with Crippen molar-refractivity contribution in [2.45, 2.75) is 142 Å². The summed E-state index contributed by atoms with van der Waals surface area (Å²) >= 11 is 0. The van der Waals surface area contributed by atoms with Crippen LogP contribution in [-0.4, -0.2) is 17.9 Å². The molecule has 0 N–H and O–H groups in total. The molecule has 0 aromatic heterocycles. The number of allylic oxidation sites excluding steroid dienone is 2. The number of hydrogen-bond donors (Lipinski definition) is 0. The SMILES string of the molecule is CCCCCCCCCCCC(=O)OC1CC[C@H]2[C@@H]3CCC4=CCCC(=O)[C@]4(C)[C@H]3CC[C@]12C. The Labute approximate surface area is 208 Å². The number of ketones is 1. The summed E-state index contributed by atoms with van der Waals surface area (Å²) in [5.74, 6) is 2.23. The van der Waals surface area contributed by atoms with Gasteiger partial charge in [0, 0.05) is 18.3 Å². The van der Waals surface area contributed by atoms with Gasteiger partial charge in [0.15, 0.2) is 0 Å². The summed E-state index contributed by atoms with van der Waals surface area (Å²) in [5, 5.41) is 0. The molecule has 3 saturated carbocycles. The first-order valence-corrected chi connectivity index (χ1v) is 14.8. The van der Waals surface area contributed by atoms with Crippen molar-refractivity contribution in [2.24, 2.45) is 28.6 Å². The molecule has 3 nitrogen and oxygen atoms in total. The fourth-order valence-electron chi connectivity index (χ4n) is 8.51. The molecule has 0 amide bonds. The zero-order chi connectivity index (χ0) is 24.2. The molecule has 4 aliphatic rings. The number of esters is 1. The summed E-state index contributed by atoms with van der Waals surface area (Å²) in [6, 6.07) is 0. The third-order valence-electron chi connectivity index (χ3n) is 10.6. The topological polar surface area (TPSA) is 43.4 Å². The molecule has 192 valence electrons. The average molecular weight is 471 g/mol. The molecular weight excluding hydrogens is 420 g/mol. The smallest absolute Gasteiger partial charge is 0.306 e. The number of unbranched alkanes of at least 4 members (excludes halogenated alkanes) is 8. The maximum Gasteiger partial charge on any atom is 0.306 e. The van der Waals surface area contributed by atoms with Crippen LogP contribution in [0.1, 0.15) is 136 Å². The molecule has 0 aromatic carbocycles. The lowest BCUT2D eigenvalue weighted by Crippen LogP contribution is -2.53. The minimum Gasteiger partial charge on any atom is -0.462 e. The highest BCUT2D eigenvalue weighted by Crippen LogP contribution is 2.65. The second-order valence-corrected chi connectivity index (χ2v) is 12.5. The molecule has 3 heteroatoms. The molecule has 1 unspecified atom stereocenters. The van der Waals surface area contributed by atoms with Crippen molar-refractivity contribution >= 4 is 11.8 Å². The number of carbonyl (C=O) groups excluding carboxylic acids is 2. The second-order valence-electron chi connectivity index (χ2n) is 12.5. The number of ether oxygens (including phenoxy) is 1. The van der Waals surface area contributed by atoms with Crippen LogP contribution in [0.3, 0.4) is 0 Å². The van der Waals surface area contributed by atoms with E-state index in [2.05, 4.69) is 26.8 Å². The van der Waals surface area contributed by atoms with Crippen LogP contribution in [0.2, 0.25) is 0 Å². The van der Waals surface area contributed by atoms with E-state index < -0.39 is 0 Å². The minimum atomic E-state index is -0.215. The molecule has 0 aromatic rings. The lowest BCUT2D eigenvalue weighted by molar-refractivity contribution is -0.160. The van der Waals surface area contributed by atoms with Crippen molar-refractivity contribution in [3.63, 3.8) is 0 Å². The van der Waals surface area contributed by atoms with Crippen molar-refractivity contribution in [3.05, 3.63) is 11.6 Å². The Bertz CT molecular complexity index is 754. The van der Waals surface area contributed by atoms with Gasteiger partial charge in [-0.05, 0) is 76.0 Å². The van der Waals surface area contributed by atoms with Gasteiger partial charge in [-0.1, -0.05) is 76.9 Å². The standard InChI is InChI=1S/C31H50O3/c1-4-5-6-7-8-9-10-11-12-16-29(33)34-28-20-19-25-24-18-17-23-14-13-15-27(32)31(23,3)26(24)21-22-30(25,28)2/h14,24-26,28H,4-13,15-22H2,1-3H3/t24-,25-,26-,28?,30-,31-/m0/s1. The normalized spacial score (nSPS) is 36.9. The summed E-state index contributed by atoms with van der Waals surface area (Å²) in [7, 11) is 0. The predicted octanol–water partition coefficient (Wildman–Crippen LogP) is 8.35. The van der Waals surface area contributed by atoms with E-state index in [-0.39, 0.29) is 22.9 Å². The Morgan fingerprint density at radius 2 is 1.62 bits per heavy atom. The summed E-state index contributed by atoms with van der Waals surface area (Å²) in [5.41, 5.74) is 1.33. The number of hydrogen-bond acceptors (Lipinski definition) is 3. The summed E-state index contributed by atoms with van der Waals surface area (Å²) in [4.78, 5) is 25.8. The average Bonchev–Trinajstić information content (AvgIpc) is 3.15. The molecule has 0 radical (unpaired) electrons. The largest absolute Gasteiger partial charge is 0.462 e. The lowest BCUT2D eigenvalue weighted by Gasteiger charge is -2.57. The van der Waals surface area contributed by atoms with Gasteiger partial charge in [-0.3, -0.25) is 9.59 Å². The van der Waals surface area contributed by atoms with E-state index >= 15 is 0 Å². The molecule has 34 heavy (non-hydrogen) atoms. The maximum absolute atomic E-state index is 13.1. The Kier molecular flexibility index (Phi) is 8.62. The molecule has 4 rings (SSSR count). The van der Waals surface area contributed by atoms with Gasteiger partial charge in [0.25, 0.3) is 0 Å². The summed E-state index contributed by atoms with van der Waals surface area (Å²) in [6.07, 6.45) is 22.9. The second kappa shape index (κ2) is 11.3. The first kappa shape index (κ1) is 26.0. The van der Waals surface area contributed by atoms with E-state index in [9.17, 15) is 9.59 Å². The molecular formula is C31H50O3. The predicted molar refractivity (Wildman–Crippen MR) is 138 cm³/mol. The van der Waals surface area contributed by atoms with E-state index in [1.54, 1.807) is 0 Å². The molecule has 0 spiro atoms. The fraction of sp³-hybridized carbons (Fsp3) is 0.871. The van der Waals surface area contributed by atoms with Crippen molar-refractivity contribution < 1.29 is 14.3 Å². The Morgan fingerprint density at radius 3 is 2.35 bits per heavy atom. The number of rotatable bonds is 11. The summed E-state index contributed by atoms with van der Waals surface area (Å²) in [6.45, 7) is 6.92. The molecule has 6 atom stereocenters. The van der Waals surface area contributed by atoms with Crippen molar-refractivity contribution in [1.82, 2.24) is 0 Å². The molecule has 4 aliphatic carbocycles. The third-order valence-corrected chi connectivity index (χ3v) is 10.6. The van der Waals surface area contributed by atoms with Crippen LogP contribution in [-0.2, 0) is 14.3 Å². The number of Topliss-reactive ketones (excluding diaryl/α,β-unsaturated/α-hetero) is 1. The first-order valence-electron chi connectivity index (χ1n) is 14.8. The highest BCUT2D eigenvalue weighted by atomic mass is 16.5. The van der Waals surface area contributed by atoms with E-state index in [1.165, 1.54) is 56.9 Å². The molecule has 0 bridgehead atoms. The van der Waals surface area contributed by atoms with Gasteiger partial charge in [0.05, 0.1) is 5.41 Å². The zero-order valence-electron chi connectivity index (χ0n) is 22.3. The maximum atomic E-state index is 13.1. The Hall–Kier alpha value is -1.12. The fourth-order valence-corrected chi connectivity index (χ4v) is 8.51. The number of fused-ring (bicyclic) bond motifs is 5. The van der Waals surface area contributed by atoms with Gasteiger partial charge in [0.2, 0.25) is 0 Å². The lowest BCUT2D eigenvalue weighted by atomic mass is 9.47. The molecule has 0 aliphatic heterocycles. The first-order chi connectivity index (χ1) is 16.4. The van der Waals surface area contributed by atoms with Crippen LogP contribution in [0.5, 0.6) is 0 Å².